The molecule has 32 heavy (non-hydrogen) atoms. The van der Waals surface area contributed by atoms with Gasteiger partial charge in [-0.15, -0.1) is 0 Å². The van der Waals surface area contributed by atoms with Gasteiger partial charge in [-0.05, 0) is 55.9 Å². The Morgan fingerprint density at radius 3 is 2.03 bits per heavy atom. The van der Waals surface area contributed by atoms with Crippen LogP contribution in [0.1, 0.15) is 53.5 Å². The lowest BCUT2D eigenvalue weighted by Crippen LogP contribution is -2.44. The molecule has 1 aliphatic rings. The summed E-state index contributed by atoms with van der Waals surface area (Å²) in [7, 11) is 0. The number of aryl methyl sites for hydroxylation is 3. The first-order valence-electron chi connectivity index (χ1n) is 11.7. The van der Waals surface area contributed by atoms with E-state index >= 15 is 0 Å². The molecular formula is C29H34N2O. The summed E-state index contributed by atoms with van der Waals surface area (Å²) in [5.74, 6) is 0. The first kappa shape index (κ1) is 22.1. The van der Waals surface area contributed by atoms with E-state index in [2.05, 4.69) is 80.7 Å². The zero-order valence-electron chi connectivity index (χ0n) is 19.5. The van der Waals surface area contributed by atoms with Gasteiger partial charge in [-0.3, -0.25) is 0 Å². The van der Waals surface area contributed by atoms with Crippen LogP contribution in [0.3, 0.4) is 0 Å². The molecule has 0 spiro atoms. The highest BCUT2D eigenvalue weighted by atomic mass is 16.2. The molecule has 2 amide bonds. The Balaban J connectivity index is 1.65. The number of carbonyl (C=O) groups excluding carboxylic acids is 1. The largest absolute Gasteiger partial charge is 0.322 e. The minimum atomic E-state index is -0.0221. The standard InChI is InChI=1S/C29H34N2O/c1-22-18-23(2)27(24(3)19-22)30-28(32)31(20-25-12-6-4-7-13-25)21-29(16-10-11-17-29)26-14-8-5-9-15-26/h4-9,12-15,18-19H,10-11,16-17,20-21H2,1-3H3,(H,30,32). The number of rotatable bonds is 6. The summed E-state index contributed by atoms with van der Waals surface area (Å²) < 4.78 is 0. The highest BCUT2D eigenvalue weighted by Crippen LogP contribution is 2.42. The molecule has 1 N–H and O–H groups in total. The van der Waals surface area contributed by atoms with Gasteiger partial charge < -0.3 is 10.2 Å². The number of nitrogens with zero attached hydrogens (tertiary/aromatic N) is 1. The van der Waals surface area contributed by atoms with E-state index in [4.69, 9.17) is 0 Å². The highest BCUT2D eigenvalue weighted by Gasteiger charge is 2.38. The number of carbonyl (C=O) groups is 1. The van der Waals surface area contributed by atoms with Gasteiger partial charge in [0, 0.05) is 24.2 Å². The third kappa shape index (κ3) is 4.88. The van der Waals surface area contributed by atoms with Crippen molar-refractivity contribution in [3.05, 3.63) is 101 Å². The fourth-order valence-corrected chi connectivity index (χ4v) is 5.31. The molecule has 1 fully saturated rings. The topological polar surface area (TPSA) is 32.3 Å². The fourth-order valence-electron chi connectivity index (χ4n) is 5.31. The predicted molar refractivity (Wildman–Crippen MR) is 133 cm³/mol. The molecule has 0 unspecified atom stereocenters. The number of anilines is 1. The lowest BCUT2D eigenvalue weighted by atomic mass is 9.78. The Morgan fingerprint density at radius 1 is 0.875 bits per heavy atom. The zero-order valence-corrected chi connectivity index (χ0v) is 19.5. The molecule has 0 aromatic heterocycles. The van der Waals surface area contributed by atoms with Gasteiger partial charge in [0.25, 0.3) is 0 Å². The van der Waals surface area contributed by atoms with E-state index in [-0.39, 0.29) is 11.4 Å². The van der Waals surface area contributed by atoms with Crippen LogP contribution in [0.2, 0.25) is 0 Å². The highest BCUT2D eigenvalue weighted by molar-refractivity contribution is 5.91. The van der Waals surface area contributed by atoms with Gasteiger partial charge in [0.15, 0.2) is 0 Å². The number of nitrogens with one attached hydrogen (secondary N) is 1. The average Bonchev–Trinajstić information content (AvgIpc) is 3.27. The van der Waals surface area contributed by atoms with Gasteiger partial charge in [-0.25, -0.2) is 4.79 Å². The second-order valence-corrected chi connectivity index (χ2v) is 9.40. The van der Waals surface area contributed by atoms with Crippen molar-refractivity contribution >= 4 is 11.7 Å². The molecule has 0 atom stereocenters. The second-order valence-electron chi connectivity index (χ2n) is 9.40. The third-order valence-corrected chi connectivity index (χ3v) is 6.85. The van der Waals surface area contributed by atoms with Gasteiger partial charge in [0.1, 0.15) is 0 Å². The van der Waals surface area contributed by atoms with Crippen LogP contribution >= 0.6 is 0 Å². The van der Waals surface area contributed by atoms with Crippen molar-refractivity contribution in [2.24, 2.45) is 0 Å². The quantitative estimate of drug-likeness (QED) is 0.446. The van der Waals surface area contributed by atoms with Crippen LogP contribution in [0.15, 0.2) is 72.8 Å². The van der Waals surface area contributed by atoms with Crippen molar-refractivity contribution in [1.82, 2.24) is 4.90 Å². The SMILES string of the molecule is Cc1cc(C)c(NC(=O)N(Cc2ccccc2)CC2(c3ccccc3)CCCC2)c(C)c1. The number of hydrogen-bond acceptors (Lipinski definition) is 1. The molecule has 0 bridgehead atoms. The van der Waals surface area contributed by atoms with Crippen molar-refractivity contribution in [3.8, 4) is 0 Å². The Morgan fingerprint density at radius 2 is 1.44 bits per heavy atom. The number of amides is 2. The van der Waals surface area contributed by atoms with Crippen LogP contribution < -0.4 is 5.32 Å². The second kappa shape index (κ2) is 9.60. The lowest BCUT2D eigenvalue weighted by molar-refractivity contribution is 0.189. The maximum Gasteiger partial charge on any atom is 0.322 e. The van der Waals surface area contributed by atoms with E-state index in [1.807, 2.05) is 23.1 Å². The van der Waals surface area contributed by atoms with Crippen molar-refractivity contribution in [2.45, 2.75) is 58.4 Å². The zero-order chi connectivity index (χ0) is 22.6. The van der Waals surface area contributed by atoms with Crippen LogP contribution in [0.5, 0.6) is 0 Å². The molecule has 0 heterocycles. The van der Waals surface area contributed by atoms with E-state index in [1.165, 1.54) is 24.0 Å². The Kier molecular flexibility index (Phi) is 6.64. The van der Waals surface area contributed by atoms with Crippen molar-refractivity contribution in [2.75, 3.05) is 11.9 Å². The maximum absolute atomic E-state index is 13.7. The van der Waals surface area contributed by atoms with Crippen molar-refractivity contribution in [1.29, 1.82) is 0 Å². The number of hydrogen-bond donors (Lipinski definition) is 1. The van der Waals surface area contributed by atoms with Gasteiger partial charge in [0.05, 0.1) is 0 Å². The van der Waals surface area contributed by atoms with Crippen molar-refractivity contribution in [3.63, 3.8) is 0 Å². The molecule has 0 saturated heterocycles. The monoisotopic (exact) mass is 426 g/mol. The minimum absolute atomic E-state index is 0.0186. The van der Waals surface area contributed by atoms with Crippen molar-refractivity contribution < 1.29 is 4.79 Å². The Labute approximate surface area is 192 Å². The van der Waals surface area contributed by atoms with Crippen LogP contribution in [0.4, 0.5) is 10.5 Å². The molecule has 3 aromatic rings. The molecule has 0 radical (unpaired) electrons. The molecule has 3 nitrogen and oxygen atoms in total. The first-order valence-corrected chi connectivity index (χ1v) is 11.7. The van der Waals surface area contributed by atoms with E-state index in [0.717, 1.165) is 41.8 Å². The Bertz CT molecular complexity index is 1030. The maximum atomic E-state index is 13.7. The number of benzene rings is 3. The van der Waals surface area contributed by atoms with E-state index in [1.54, 1.807) is 0 Å². The average molecular weight is 427 g/mol. The smallest absolute Gasteiger partial charge is 0.319 e. The van der Waals surface area contributed by atoms with Crippen LogP contribution in [-0.4, -0.2) is 17.5 Å². The summed E-state index contributed by atoms with van der Waals surface area (Å²) in [6, 6.07) is 25.3. The molecular weight excluding hydrogens is 392 g/mol. The summed E-state index contributed by atoms with van der Waals surface area (Å²) in [6.07, 6.45) is 4.67. The van der Waals surface area contributed by atoms with E-state index in [9.17, 15) is 4.79 Å². The van der Waals surface area contributed by atoms with Crippen LogP contribution in [-0.2, 0) is 12.0 Å². The molecule has 1 saturated carbocycles. The molecule has 1 aliphatic carbocycles. The molecule has 166 valence electrons. The fraction of sp³-hybridized carbons (Fsp3) is 0.345. The number of urea groups is 1. The first-order chi connectivity index (χ1) is 15.5. The molecule has 4 rings (SSSR count). The van der Waals surface area contributed by atoms with Gasteiger partial charge in [0.2, 0.25) is 0 Å². The van der Waals surface area contributed by atoms with E-state index < -0.39 is 0 Å². The summed E-state index contributed by atoms with van der Waals surface area (Å²) in [6.45, 7) is 7.56. The molecule has 0 aliphatic heterocycles. The summed E-state index contributed by atoms with van der Waals surface area (Å²) in [5.41, 5.74) is 6.88. The summed E-state index contributed by atoms with van der Waals surface area (Å²) >= 11 is 0. The van der Waals surface area contributed by atoms with E-state index in [0.29, 0.717) is 6.54 Å². The third-order valence-electron chi connectivity index (χ3n) is 6.85. The lowest BCUT2D eigenvalue weighted by Gasteiger charge is -2.36. The predicted octanol–water partition coefficient (Wildman–Crippen LogP) is 7.16. The van der Waals surface area contributed by atoms with Crippen LogP contribution in [0.25, 0.3) is 0 Å². The van der Waals surface area contributed by atoms with Gasteiger partial charge in [-0.1, -0.05) is 91.2 Å². The molecule has 3 aromatic carbocycles. The molecule has 3 heteroatoms. The normalized spacial score (nSPS) is 14.8. The summed E-state index contributed by atoms with van der Waals surface area (Å²) in [5, 5.41) is 3.26. The van der Waals surface area contributed by atoms with Gasteiger partial charge >= 0.3 is 6.03 Å². The van der Waals surface area contributed by atoms with Crippen LogP contribution in [0, 0.1) is 20.8 Å². The summed E-state index contributed by atoms with van der Waals surface area (Å²) in [4.78, 5) is 15.7. The Hall–Kier alpha value is -3.07. The minimum Gasteiger partial charge on any atom is -0.319 e. The van der Waals surface area contributed by atoms with Gasteiger partial charge in [-0.2, -0.15) is 0 Å².